The molecule has 4 aromatic rings. The molecule has 0 aliphatic rings. The summed E-state index contributed by atoms with van der Waals surface area (Å²) in [5.41, 5.74) is 8.74. The van der Waals surface area contributed by atoms with E-state index in [-0.39, 0.29) is 48.0 Å². The smallest absolute Gasteiger partial charge is 0.291 e. The van der Waals surface area contributed by atoms with E-state index in [1.807, 2.05) is 12.1 Å². The van der Waals surface area contributed by atoms with Gasteiger partial charge in [0.15, 0.2) is 11.5 Å². The molecule has 2 aromatic carbocycles. The SMILES string of the molecule is C/C(=N\NC(=O)CCCCC(=O)N/N=C(\C)c1cccc(NC(=O)c2ccco2)c1)c1cccc(NC(=O)c2ccco2)c1. The second kappa shape index (κ2) is 15.4. The molecule has 0 fully saturated rings. The van der Waals surface area contributed by atoms with Crippen LogP contribution in [0, 0.1) is 0 Å². The van der Waals surface area contributed by atoms with Crippen molar-refractivity contribution < 1.29 is 28.0 Å². The number of hydrazone groups is 2. The summed E-state index contributed by atoms with van der Waals surface area (Å²) < 4.78 is 10.2. The molecule has 4 N–H and O–H groups in total. The zero-order chi connectivity index (χ0) is 31.3. The maximum Gasteiger partial charge on any atom is 0.291 e. The number of hydrogen-bond donors (Lipinski definition) is 4. The van der Waals surface area contributed by atoms with Crippen molar-refractivity contribution in [3.05, 3.63) is 108 Å². The van der Waals surface area contributed by atoms with Crippen molar-refractivity contribution >= 4 is 46.4 Å². The molecule has 0 atom stereocenters. The van der Waals surface area contributed by atoms with Gasteiger partial charge in [0.05, 0.1) is 23.9 Å². The van der Waals surface area contributed by atoms with Gasteiger partial charge in [-0.25, -0.2) is 10.9 Å². The molecule has 2 heterocycles. The van der Waals surface area contributed by atoms with E-state index in [1.54, 1.807) is 74.5 Å². The summed E-state index contributed by atoms with van der Waals surface area (Å²) in [6, 6.07) is 20.5. The van der Waals surface area contributed by atoms with Crippen LogP contribution in [0.25, 0.3) is 0 Å². The van der Waals surface area contributed by atoms with E-state index in [9.17, 15) is 19.2 Å². The number of rotatable bonds is 13. The maximum absolute atomic E-state index is 12.3. The third-order valence-electron chi connectivity index (χ3n) is 6.32. The topological polar surface area (TPSA) is 167 Å². The number of anilines is 2. The number of hydrogen-bond acceptors (Lipinski definition) is 8. The average Bonchev–Trinajstić information content (AvgIpc) is 3.77. The molecule has 12 nitrogen and oxygen atoms in total. The van der Waals surface area contributed by atoms with Gasteiger partial charge in [-0.1, -0.05) is 24.3 Å². The Morgan fingerprint density at radius 3 is 1.43 bits per heavy atom. The molecular weight excluding hydrogens is 564 g/mol. The molecule has 0 spiro atoms. The van der Waals surface area contributed by atoms with Crippen LogP contribution in [-0.4, -0.2) is 35.1 Å². The molecule has 0 unspecified atom stereocenters. The van der Waals surface area contributed by atoms with Gasteiger partial charge >= 0.3 is 0 Å². The lowest BCUT2D eigenvalue weighted by molar-refractivity contribution is -0.123. The second-order valence-electron chi connectivity index (χ2n) is 9.70. The number of nitrogens with one attached hydrogen (secondary N) is 4. The van der Waals surface area contributed by atoms with Crippen LogP contribution in [0.4, 0.5) is 11.4 Å². The fourth-order valence-electron chi connectivity index (χ4n) is 3.95. The fraction of sp³-hybridized carbons (Fsp3) is 0.188. The quantitative estimate of drug-likeness (QED) is 0.0926. The molecule has 226 valence electrons. The van der Waals surface area contributed by atoms with E-state index in [2.05, 4.69) is 31.7 Å². The van der Waals surface area contributed by atoms with E-state index in [0.717, 1.165) is 11.1 Å². The highest BCUT2D eigenvalue weighted by atomic mass is 16.3. The van der Waals surface area contributed by atoms with E-state index in [0.29, 0.717) is 35.6 Å². The second-order valence-corrected chi connectivity index (χ2v) is 9.70. The minimum Gasteiger partial charge on any atom is -0.459 e. The number of furan rings is 2. The summed E-state index contributed by atoms with van der Waals surface area (Å²) in [5.74, 6) is -0.900. The molecule has 0 saturated heterocycles. The first-order valence-corrected chi connectivity index (χ1v) is 13.9. The zero-order valence-corrected chi connectivity index (χ0v) is 24.3. The van der Waals surface area contributed by atoms with Crippen LogP contribution in [0.3, 0.4) is 0 Å². The normalized spacial score (nSPS) is 11.5. The number of unbranched alkanes of at least 4 members (excludes halogenated alkanes) is 1. The Morgan fingerprint density at radius 2 is 1.05 bits per heavy atom. The summed E-state index contributed by atoms with van der Waals surface area (Å²) >= 11 is 0. The van der Waals surface area contributed by atoms with Gasteiger partial charge in [0.25, 0.3) is 11.8 Å². The van der Waals surface area contributed by atoms with E-state index < -0.39 is 0 Å². The van der Waals surface area contributed by atoms with Crippen LogP contribution in [0.2, 0.25) is 0 Å². The molecule has 4 rings (SSSR count). The van der Waals surface area contributed by atoms with Gasteiger partial charge in [0, 0.05) is 24.2 Å². The summed E-state index contributed by atoms with van der Waals surface area (Å²) in [6.07, 6.45) is 4.22. The Morgan fingerprint density at radius 1 is 0.614 bits per heavy atom. The van der Waals surface area contributed by atoms with Crippen molar-refractivity contribution in [1.29, 1.82) is 0 Å². The molecule has 0 saturated carbocycles. The highest BCUT2D eigenvalue weighted by Crippen LogP contribution is 2.15. The largest absolute Gasteiger partial charge is 0.459 e. The summed E-state index contributed by atoms with van der Waals surface area (Å²) in [6.45, 7) is 3.49. The van der Waals surface area contributed by atoms with Crippen LogP contribution in [0.1, 0.15) is 71.8 Å². The lowest BCUT2D eigenvalue weighted by Crippen LogP contribution is -2.20. The number of carbonyl (C=O) groups is 4. The number of benzene rings is 2. The van der Waals surface area contributed by atoms with Crippen LogP contribution < -0.4 is 21.5 Å². The Hall–Kier alpha value is -5.78. The summed E-state index contributed by atoms with van der Waals surface area (Å²) in [7, 11) is 0. The number of carbonyl (C=O) groups excluding carboxylic acids is 4. The zero-order valence-electron chi connectivity index (χ0n) is 24.3. The van der Waals surface area contributed by atoms with Crippen LogP contribution in [0.5, 0.6) is 0 Å². The highest BCUT2D eigenvalue weighted by Gasteiger charge is 2.11. The first-order valence-electron chi connectivity index (χ1n) is 13.9. The minimum atomic E-state index is -0.371. The summed E-state index contributed by atoms with van der Waals surface area (Å²) in [5, 5.41) is 13.8. The van der Waals surface area contributed by atoms with Gasteiger partial charge in [-0.3, -0.25) is 19.2 Å². The van der Waals surface area contributed by atoms with Crippen molar-refractivity contribution in [2.45, 2.75) is 39.5 Å². The first-order chi connectivity index (χ1) is 21.3. The maximum atomic E-state index is 12.3. The molecule has 0 aliphatic heterocycles. The predicted molar refractivity (Wildman–Crippen MR) is 165 cm³/mol. The molecule has 2 aromatic heterocycles. The van der Waals surface area contributed by atoms with Gasteiger partial charge in [-0.2, -0.15) is 10.2 Å². The van der Waals surface area contributed by atoms with Gasteiger partial charge in [0.1, 0.15) is 0 Å². The Kier molecular flexibility index (Phi) is 10.9. The van der Waals surface area contributed by atoms with Gasteiger partial charge in [0.2, 0.25) is 11.8 Å². The standard InChI is InChI=1S/C32H32N6O6/c1-21(23-9-5-11-25(19-23)33-31(41)27-13-7-17-43-27)35-37-29(39)15-3-4-16-30(40)38-36-22(2)24-10-6-12-26(20-24)34-32(42)28-14-8-18-44-28/h5-14,17-20H,3-4,15-16H2,1-2H3,(H,33,41)(H,34,42)(H,37,39)(H,38,40)/b35-21+,36-22+. The molecule has 12 heteroatoms. The molecule has 44 heavy (non-hydrogen) atoms. The number of nitrogens with zero attached hydrogens (tertiary/aromatic N) is 2. The Balaban J connectivity index is 1.16. The predicted octanol–water partition coefficient (Wildman–Crippen LogP) is 5.32. The Labute approximate surface area is 253 Å². The van der Waals surface area contributed by atoms with Crippen molar-refractivity contribution in [2.75, 3.05) is 10.6 Å². The Bertz CT molecular complexity index is 1530. The lowest BCUT2D eigenvalue weighted by atomic mass is 10.1. The van der Waals surface area contributed by atoms with Crippen LogP contribution in [0.15, 0.2) is 104 Å². The third kappa shape index (κ3) is 9.38. The van der Waals surface area contributed by atoms with Crippen molar-refractivity contribution in [3.63, 3.8) is 0 Å². The highest BCUT2D eigenvalue weighted by molar-refractivity contribution is 6.05. The average molecular weight is 597 g/mol. The van der Waals surface area contributed by atoms with Gasteiger partial charge in [-0.15, -0.1) is 0 Å². The molecule has 4 amide bonds. The van der Waals surface area contributed by atoms with E-state index in [1.165, 1.54) is 12.5 Å². The lowest BCUT2D eigenvalue weighted by Gasteiger charge is -2.07. The van der Waals surface area contributed by atoms with Crippen molar-refractivity contribution in [2.24, 2.45) is 10.2 Å². The van der Waals surface area contributed by atoms with Crippen LogP contribution in [-0.2, 0) is 9.59 Å². The molecular formula is C32H32N6O6. The molecule has 0 radical (unpaired) electrons. The monoisotopic (exact) mass is 596 g/mol. The van der Waals surface area contributed by atoms with Crippen LogP contribution >= 0.6 is 0 Å². The van der Waals surface area contributed by atoms with E-state index >= 15 is 0 Å². The third-order valence-corrected chi connectivity index (χ3v) is 6.32. The fourth-order valence-corrected chi connectivity index (χ4v) is 3.95. The molecule has 0 bridgehead atoms. The summed E-state index contributed by atoms with van der Waals surface area (Å²) in [4.78, 5) is 48.9. The molecule has 0 aliphatic carbocycles. The van der Waals surface area contributed by atoms with Gasteiger partial charge < -0.3 is 19.5 Å². The first kappa shape index (κ1) is 31.2. The van der Waals surface area contributed by atoms with Crippen molar-refractivity contribution in [3.8, 4) is 0 Å². The van der Waals surface area contributed by atoms with Crippen molar-refractivity contribution in [1.82, 2.24) is 10.9 Å². The number of amides is 4. The van der Waals surface area contributed by atoms with Gasteiger partial charge in [-0.05, 0) is 86.3 Å². The van der Waals surface area contributed by atoms with E-state index in [4.69, 9.17) is 8.83 Å². The minimum absolute atomic E-state index is 0.197.